The van der Waals surface area contributed by atoms with Gasteiger partial charge in [0, 0.05) is 6.20 Å². The first-order valence-electron chi connectivity index (χ1n) is 5.51. The lowest BCUT2D eigenvalue weighted by atomic mass is 10.1. The molecule has 4 nitrogen and oxygen atoms in total. The molecule has 0 saturated heterocycles. The Morgan fingerprint density at radius 1 is 1.37 bits per heavy atom. The SMILES string of the molecule is CC(C)c1nc(-c2ncc(Cl)cc2Cl)[nH]c(=O)c1I. The summed E-state index contributed by atoms with van der Waals surface area (Å²) < 4.78 is 0.585. The molecule has 0 aromatic carbocycles. The fourth-order valence-electron chi connectivity index (χ4n) is 1.56. The number of halogens is 3. The van der Waals surface area contributed by atoms with Crippen LogP contribution >= 0.6 is 45.8 Å². The molecule has 0 amide bonds. The van der Waals surface area contributed by atoms with E-state index in [1.165, 1.54) is 6.20 Å². The maximum Gasteiger partial charge on any atom is 0.264 e. The molecule has 2 rings (SSSR count). The summed E-state index contributed by atoms with van der Waals surface area (Å²) in [5, 5.41) is 0.789. The summed E-state index contributed by atoms with van der Waals surface area (Å²) in [6.45, 7) is 3.95. The summed E-state index contributed by atoms with van der Waals surface area (Å²) >= 11 is 13.9. The van der Waals surface area contributed by atoms with Crippen molar-refractivity contribution in [2.24, 2.45) is 0 Å². The van der Waals surface area contributed by atoms with Crippen molar-refractivity contribution in [2.45, 2.75) is 19.8 Å². The average Bonchev–Trinajstić information content (AvgIpc) is 2.32. The zero-order chi connectivity index (χ0) is 14.2. The Morgan fingerprint density at radius 2 is 2.05 bits per heavy atom. The zero-order valence-electron chi connectivity index (χ0n) is 10.2. The summed E-state index contributed by atoms with van der Waals surface area (Å²) in [6, 6.07) is 1.57. The monoisotopic (exact) mass is 409 g/mol. The Balaban J connectivity index is 2.66. The summed E-state index contributed by atoms with van der Waals surface area (Å²) in [6.07, 6.45) is 1.47. The van der Waals surface area contributed by atoms with Crippen molar-refractivity contribution in [3.05, 3.63) is 41.9 Å². The minimum Gasteiger partial charge on any atom is -0.304 e. The van der Waals surface area contributed by atoms with E-state index in [-0.39, 0.29) is 11.5 Å². The van der Waals surface area contributed by atoms with E-state index < -0.39 is 0 Å². The summed E-state index contributed by atoms with van der Waals surface area (Å²) in [4.78, 5) is 23.2. The van der Waals surface area contributed by atoms with Crippen molar-refractivity contribution in [3.8, 4) is 11.5 Å². The van der Waals surface area contributed by atoms with Crippen LogP contribution in [0.4, 0.5) is 0 Å². The zero-order valence-corrected chi connectivity index (χ0v) is 13.8. The van der Waals surface area contributed by atoms with E-state index in [2.05, 4.69) is 15.0 Å². The number of nitrogens with zero attached hydrogens (tertiary/aromatic N) is 2. The predicted octanol–water partition coefficient (Wildman–Crippen LogP) is 3.87. The van der Waals surface area contributed by atoms with E-state index in [1.54, 1.807) is 6.07 Å². The van der Waals surface area contributed by atoms with Gasteiger partial charge in [-0.15, -0.1) is 0 Å². The third-order valence-electron chi connectivity index (χ3n) is 2.47. The van der Waals surface area contributed by atoms with Gasteiger partial charge < -0.3 is 4.98 Å². The number of hydrogen-bond donors (Lipinski definition) is 1. The van der Waals surface area contributed by atoms with Crippen LogP contribution in [-0.2, 0) is 0 Å². The lowest BCUT2D eigenvalue weighted by molar-refractivity contribution is 0.801. The molecule has 100 valence electrons. The average molecular weight is 410 g/mol. The largest absolute Gasteiger partial charge is 0.304 e. The van der Waals surface area contributed by atoms with Crippen LogP contribution in [-0.4, -0.2) is 15.0 Å². The first-order valence-corrected chi connectivity index (χ1v) is 7.34. The quantitative estimate of drug-likeness (QED) is 0.766. The smallest absolute Gasteiger partial charge is 0.264 e. The first kappa shape index (κ1) is 14.7. The molecule has 0 radical (unpaired) electrons. The fourth-order valence-corrected chi connectivity index (χ4v) is 2.91. The van der Waals surface area contributed by atoms with Crippen LogP contribution in [0.2, 0.25) is 10.0 Å². The van der Waals surface area contributed by atoms with E-state index in [9.17, 15) is 4.79 Å². The molecule has 0 aliphatic heterocycles. The van der Waals surface area contributed by atoms with Gasteiger partial charge in [-0.25, -0.2) is 9.97 Å². The topological polar surface area (TPSA) is 58.6 Å². The molecule has 2 heterocycles. The molecule has 2 aromatic heterocycles. The normalized spacial score (nSPS) is 11.1. The van der Waals surface area contributed by atoms with Crippen molar-refractivity contribution in [2.75, 3.05) is 0 Å². The van der Waals surface area contributed by atoms with E-state index >= 15 is 0 Å². The first-order chi connectivity index (χ1) is 8.90. The Kier molecular flexibility index (Phi) is 4.47. The van der Waals surface area contributed by atoms with Gasteiger partial charge in [-0.05, 0) is 34.6 Å². The molecular formula is C12H10Cl2IN3O. The highest BCUT2D eigenvalue weighted by Crippen LogP contribution is 2.26. The van der Waals surface area contributed by atoms with Gasteiger partial charge in [0.15, 0.2) is 5.82 Å². The minimum absolute atomic E-state index is 0.138. The molecule has 0 saturated carbocycles. The highest BCUT2D eigenvalue weighted by Gasteiger charge is 2.15. The molecule has 0 bridgehead atoms. The van der Waals surface area contributed by atoms with Gasteiger partial charge in [0.2, 0.25) is 0 Å². The highest BCUT2D eigenvalue weighted by molar-refractivity contribution is 14.1. The van der Waals surface area contributed by atoms with Crippen molar-refractivity contribution >= 4 is 45.8 Å². The third-order valence-corrected chi connectivity index (χ3v) is 4.00. The van der Waals surface area contributed by atoms with E-state index in [0.717, 1.165) is 5.69 Å². The van der Waals surface area contributed by atoms with Gasteiger partial charge in [0.05, 0.1) is 19.3 Å². The van der Waals surface area contributed by atoms with Gasteiger partial charge in [-0.1, -0.05) is 37.0 Å². The van der Waals surface area contributed by atoms with Crippen molar-refractivity contribution in [1.29, 1.82) is 0 Å². The lowest BCUT2D eigenvalue weighted by Gasteiger charge is -2.09. The van der Waals surface area contributed by atoms with Crippen LogP contribution < -0.4 is 5.56 Å². The fraction of sp³-hybridized carbons (Fsp3) is 0.250. The summed E-state index contributed by atoms with van der Waals surface area (Å²) in [5.74, 6) is 0.495. The second kappa shape index (κ2) is 5.76. The van der Waals surface area contributed by atoms with Crippen LogP contribution in [0.5, 0.6) is 0 Å². The second-order valence-corrected chi connectivity index (χ2v) is 6.17. The lowest BCUT2D eigenvalue weighted by Crippen LogP contribution is -2.17. The standard InChI is InChI=1S/C12H10Cl2IN3O/c1-5(2)9-8(15)12(19)18-11(17-9)10-7(14)3-6(13)4-16-10/h3-5H,1-2H3,(H,17,18,19). The van der Waals surface area contributed by atoms with Gasteiger partial charge >= 0.3 is 0 Å². The van der Waals surface area contributed by atoms with Gasteiger partial charge in [-0.2, -0.15) is 0 Å². The van der Waals surface area contributed by atoms with E-state index in [1.807, 2.05) is 36.4 Å². The van der Waals surface area contributed by atoms with Crippen molar-refractivity contribution in [3.63, 3.8) is 0 Å². The van der Waals surface area contributed by atoms with Gasteiger partial charge in [0.1, 0.15) is 5.69 Å². The maximum atomic E-state index is 11.9. The van der Waals surface area contributed by atoms with E-state index in [0.29, 0.717) is 25.1 Å². The molecule has 0 spiro atoms. The Bertz CT molecular complexity index is 685. The number of rotatable bonds is 2. The Hall–Kier alpha value is -0.660. The maximum absolute atomic E-state index is 11.9. The van der Waals surface area contributed by atoms with Crippen molar-refractivity contribution in [1.82, 2.24) is 15.0 Å². The molecule has 0 fully saturated rings. The highest BCUT2D eigenvalue weighted by atomic mass is 127. The number of aromatic amines is 1. The molecule has 0 atom stereocenters. The molecule has 0 aliphatic rings. The molecule has 19 heavy (non-hydrogen) atoms. The van der Waals surface area contributed by atoms with Gasteiger partial charge in [0.25, 0.3) is 5.56 Å². The van der Waals surface area contributed by atoms with Crippen LogP contribution in [0.1, 0.15) is 25.5 Å². The molecule has 1 N–H and O–H groups in total. The number of pyridine rings is 1. The predicted molar refractivity (Wildman–Crippen MR) is 84.9 cm³/mol. The van der Waals surface area contributed by atoms with Crippen LogP contribution in [0.3, 0.4) is 0 Å². The summed E-state index contributed by atoms with van der Waals surface area (Å²) in [5.41, 5.74) is 0.954. The second-order valence-electron chi connectivity index (χ2n) is 4.25. The minimum atomic E-state index is -0.192. The number of H-pyrrole nitrogens is 1. The number of nitrogens with one attached hydrogen (secondary N) is 1. The van der Waals surface area contributed by atoms with Crippen LogP contribution in [0.25, 0.3) is 11.5 Å². The number of hydrogen-bond acceptors (Lipinski definition) is 3. The van der Waals surface area contributed by atoms with Crippen LogP contribution in [0.15, 0.2) is 17.1 Å². The summed E-state index contributed by atoms with van der Waals surface area (Å²) in [7, 11) is 0. The van der Waals surface area contributed by atoms with E-state index in [4.69, 9.17) is 23.2 Å². The molecular weight excluding hydrogens is 400 g/mol. The number of aromatic nitrogens is 3. The van der Waals surface area contributed by atoms with Crippen molar-refractivity contribution < 1.29 is 0 Å². The Labute approximate surface area is 133 Å². The Morgan fingerprint density at radius 3 is 2.63 bits per heavy atom. The third kappa shape index (κ3) is 3.09. The van der Waals surface area contributed by atoms with Crippen LogP contribution in [0, 0.1) is 3.57 Å². The molecule has 2 aromatic rings. The molecule has 7 heteroatoms. The molecule has 0 aliphatic carbocycles. The molecule has 0 unspecified atom stereocenters. The van der Waals surface area contributed by atoms with Gasteiger partial charge in [-0.3, -0.25) is 4.79 Å².